The lowest BCUT2D eigenvalue weighted by atomic mass is 9.98. The van der Waals surface area contributed by atoms with E-state index in [0.29, 0.717) is 10.6 Å². The summed E-state index contributed by atoms with van der Waals surface area (Å²) in [6.45, 7) is 2.74. The van der Waals surface area contributed by atoms with Crippen molar-refractivity contribution in [1.29, 1.82) is 0 Å². The first-order valence-corrected chi connectivity index (χ1v) is 7.83. The molecule has 0 aliphatic heterocycles. The van der Waals surface area contributed by atoms with Crippen molar-refractivity contribution in [3.05, 3.63) is 68.7 Å². The van der Waals surface area contributed by atoms with Gasteiger partial charge in [-0.1, -0.05) is 30.7 Å². The molecule has 1 atom stereocenters. The third kappa shape index (κ3) is 4.02. The number of hydrogen-bond donors (Lipinski definition) is 1. The Kier molecular flexibility index (Phi) is 5.73. The van der Waals surface area contributed by atoms with Gasteiger partial charge >= 0.3 is 0 Å². The molecule has 0 saturated heterocycles. The van der Waals surface area contributed by atoms with Crippen LogP contribution in [0, 0.1) is 11.6 Å². The second-order valence-electron chi connectivity index (χ2n) is 4.73. The summed E-state index contributed by atoms with van der Waals surface area (Å²) in [6.07, 6.45) is 0.906. The Morgan fingerprint density at radius 2 is 1.95 bits per heavy atom. The zero-order chi connectivity index (χ0) is 15.4. The highest BCUT2D eigenvalue weighted by Gasteiger charge is 2.18. The molecule has 2 rings (SSSR count). The minimum absolute atomic E-state index is 0.365. The highest BCUT2D eigenvalue weighted by Crippen LogP contribution is 2.30. The zero-order valence-corrected chi connectivity index (χ0v) is 13.8. The van der Waals surface area contributed by atoms with Crippen LogP contribution in [-0.4, -0.2) is 6.54 Å². The summed E-state index contributed by atoms with van der Waals surface area (Å²) in [5.41, 5.74) is 1.24. The SMILES string of the molecule is CCCNC(c1ccc(Br)c(Cl)c1)c1ccc(F)cc1F. The van der Waals surface area contributed by atoms with Crippen LogP contribution in [0.1, 0.15) is 30.5 Å². The lowest BCUT2D eigenvalue weighted by Crippen LogP contribution is -2.24. The minimum Gasteiger partial charge on any atom is -0.306 e. The lowest BCUT2D eigenvalue weighted by Gasteiger charge is -2.20. The first-order chi connectivity index (χ1) is 10.0. The van der Waals surface area contributed by atoms with Gasteiger partial charge in [0.25, 0.3) is 0 Å². The third-order valence-electron chi connectivity index (χ3n) is 3.15. The van der Waals surface area contributed by atoms with Gasteiger partial charge < -0.3 is 5.32 Å². The van der Waals surface area contributed by atoms with Gasteiger partial charge in [-0.15, -0.1) is 0 Å². The molecule has 112 valence electrons. The molecule has 0 heterocycles. The molecule has 0 aliphatic carbocycles. The van der Waals surface area contributed by atoms with Gasteiger partial charge in [-0.05, 0) is 52.7 Å². The van der Waals surface area contributed by atoms with Crippen LogP contribution in [-0.2, 0) is 0 Å². The maximum Gasteiger partial charge on any atom is 0.131 e. The van der Waals surface area contributed by atoms with Gasteiger partial charge in [-0.3, -0.25) is 0 Å². The molecule has 0 amide bonds. The van der Waals surface area contributed by atoms with Gasteiger partial charge in [0, 0.05) is 16.1 Å². The summed E-state index contributed by atoms with van der Waals surface area (Å²) >= 11 is 9.45. The molecular weight excluding hydrogens is 360 g/mol. The Hall–Kier alpha value is -0.970. The molecule has 0 spiro atoms. The van der Waals surface area contributed by atoms with Crippen molar-refractivity contribution in [2.24, 2.45) is 0 Å². The van der Waals surface area contributed by atoms with Gasteiger partial charge in [0.15, 0.2) is 0 Å². The third-order valence-corrected chi connectivity index (χ3v) is 4.38. The van der Waals surface area contributed by atoms with E-state index in [1.165, 1.54) is 12.1 Å². The summed E-state index contributed by atoms with van der Waals surface area (Å²) in [6, 6.07) is 8.73. The Bertz CT molecular complexity index is 634. The number of halogens is 4. The van der Waals surface area contributed by atoms with Crippen molar-refractivity contribution in [2.75, 3.05) is 6.54 Å². The van der Waals surface area contributed by atoms with Crippen LogP contribution < -0.4 is 5.32 Å². The van der Waals surface area contributed by atoms with E-state index in [9.17, 15) is 8.78 Å². The van der Waals surface area contributed by atoms with Gasteiger partial charge in [0.05, 0.1) is 11.1 Å². The molecule has 2 aromatic carbocycles. The molecule has 0 fully saturated rings. The fourth-order valence-corrected chi connectivity index (χ4v) is 2.56. The Morgan fingerprint density at radius 3 is 2.57 bits per heavy atom. The molecule has 0 saturated carbocycles. The highest BCUT2D eigenvalue weighted by atomic mass is 79.9. The van der Waals surface area contributed by atoms with Crippen LogP contribution in [0.5, 0.6) is 0 Å². The van der Waals surface area contributed by atoms with Crippen molar-refractivity contribution in [1.82, 2.24) is 5.32 Å². The zero-order valence-electron chi connectivity index (χ0n) is 11.5. The molecule has 0 radical (unpaired) electrons. The van der Waals surface area contributed by atoms with E-state index in [1.807, 2.05) is 19.1 Å². The Morgan fingerprint density at radius 1 is 1.19 bits per heavy atom. The minimum atomic E-state index is -0.584. The van der Waals surface area contributed by atoms with E-state index in [0.717, 1.165) is 29.1 Å². The van der Waals surface area contributed by atoms with Crippen molar-refractivity contribution in [3.8, 4) is 0 Å². The molecule has 21 heavy (non-hydrogen) atoms. The predicted molar refractivity (Wildman–Crippen MR) is 85.6 cm³/mol. The summed E-state index contributed by atoms with van der Waals surface area (Å²) < 4.78 is 27.9. The standard InChI is InChI=1S/C16H15BrClF2N/c1-2-7-21-16(10-3-6-13(17)14(18)8-10)12-5-4-11(19)9-15(12)20/h3-6,8-9,16,21H,2,7H2,1H3. The van der Waals surface area contributed by atoms with Crippen LogP contribution in [0.15, 0.2) is 40.9 Å². The van der Waals surface area contributed by atoms with Gasteiger partial charge in [0.2, 0.25) is 0 Å². The smallest absolute Gasteiger partial charge is 0.131 e. The number of nitrogens with one attached hydrogen (secondary N) is 1. The molecule has 1 unspecified atom stereocenters. The van der Waals surface area contributed by atoms with E-state index >= 15 is 0 Å². The topological polar surface area (TPSA) is 12.0 Å². The first-order valence-electron chi connectivity index (χ1n) is 6.66. The van der Waals surface area contributed by atoms with Crippen LogP contribution >= 0.6 is 27.5 Å². The van der Waals surface area contributed by atoms with Crippen LogP contribution in [0.3, 0.4) is 0 Å². The van der Waals surface area contributed by atoms with Crippen LogP contribution in [0.25, 0.3) is 0 Å². The number of benzene rings is 2. The Balaban J connectivity index is 2.44. The summed E-state index contributed by atoms with van der Waals surface area (Å²) in [5.74, 6) is -1.15. The number of hydrogen-bond acceptors (Lipinski definition) is 1. The molecule has 0 aliphatic rings. The van der Waals surface area contributed by atoms with Crippen LogP contribution in [0.2, 0.25) is 5.02 Å². The van der Waals surface area contributed by atoms with E-state index in [-0.39, 0.29) is 6.04 Å². The Labute approximate surface area is 136 Å². The second kappa shape index (κ2) is 7.34. The number of rotatable bonds is 5. The van der Waals surface area contributed by atoms with E-state index in [4.69, 9.17) is 11.6 Å². The van der Waals surface area contributed by atoms with E-state index in [2.05, 4.69) is 21.2 Å². The molecule has 5 heteroatoms. The summed E-state index contributed by atoms with van der Waals surface area (Å²) in [4.78, 5) is 0. The molecule has 2 aromatic rings. The fraction of sp³-hybridized carbons (Fsp3) is 0.250. The monoisotopic (exact) mass is 373 g/mol. The second-order valence-corrected chi connectivity index (χ2v) is 5.99. The predicted octanol–water partition coefficient (Wildman–Crippen LogP) is 5.47. The van der Waals surface area contributed by atoms with Crippen molar-refractivity contribution < 1.29 is 8.78 Å². The van der Waals surface area contributed by atoms with E-state index in [1.54, 1.807) is 6.07 Å². The largest absolute Gasteiger partial charge is 0.306 e. The first kappa shape index (κ1) is 16.4. The van der Waals surface area contributed by atoms with Crippen LogP contribution in [0.4, 0.5) is 8.78 Å². The molecule has 0 bridgehead atoms. The maximum atomic E-state index is 14.1. The molecule has 0 aromatic heterocycles. The average molecular weight is 375 g/mol. The molecule has 1 N–H and O–H groups in total. The van der Waals surface area contributed by atoms with Crippen molar-refractivity contribution in [2.45, 2.75) is 19.4 Å². The molecular formula is C16H15BrClF2N. The summed E-state index contributed by atoms with van der Waals surface area (Å²) in [7, 11) is 0. The quantitative estimate of drug-likeness (QED) is 0.732. The normalized spacial score (nSPS) is 12.4. The van der Waals surface area contributed by atoms with Gasteiger partial charge in [0.1, 0.15) is 11.6 Å². The van der Waals surface area contributed by atoms with Crippen molar-refractivity contribution >= 4 is 27.5 Å². The van der Waals surface area contributed by atoms with Crippen molar-refractivity contribution in [3.63, 3.8) is 0 Å². The lowest BCUT2D eigenvalue weighted by molar-refractivity contribution is 0.533. The average Bonchev–Trinajstić information content (AvgIpc) is 2.44. The van der Waals surface area contributed by atoms with Gasteiger partial charge in [-0.2, -0.15) is 0 Å². The van der Waals surface area contributed by atoms with E-state index < -0.39 is 11.6 Å². The molecule has 1 nitrogen and oxygen atoms in total. The highest BCUT2D eigenvalue weighted by molar-refractivity contribution is 9.10. The van der Waals surface area contributed by atoms with Gasteiger partial charge in [-0.25, -0.2) is 8.78 Å². The fourth-order valence-electron chi connectivity index (χ4n) is 2.12. The summed E-state index contributed by atoms with van der Waals surface area (Å²) in [5, 5.41) is 3.83. The maximum absolute atomic E-state index is 14.1.